The predicted octanol–water partition coefficient (Wildman–Crippen LogP) is 5.33. The van der Waals surface area contributed by atoms with Crippen LogP contribution in [-0.2, 0) is 0 Å². The lowest BCUT2D eigenvalue weighted by Crippen LogP contribution is -2.43. The van der Waals surface area contributed by atoms with E-state index in [0.717, 1.165) is 32.4 Å². The lowest BCUT2D eigenvalue weighted by atomic mass is 9.93. The average molecular weight is 400 g/mol. The van der Waals surface area contributed by atoms with E-state index < -0.39 is 26.0 Å². The van der Waals surface area contributed by atoms with Gasteiger partial charge in [-0.3, -0.25) is 0 Å². The van der Waals surface area contributed by atoms with E-state index in [9.17, 15) is 13.9 Å². The summed E-state index contributed by atoms with van der Waals surface area (Å²) in [5, 5.41) is 9.38. The molecular weight excluding hydrogens is 360 g/mol. The average Bonchev–Trinajstić information content (AvgIpc) is 3.13. The Bertz CT molecular complexity index is 537. The third-order valence-corrected chi connectivity index (χ3v) is 13.7. The molecular formula is C22H39F2NOSi. The van der Waals surface area contributed by atoms with Crippen LogP contribution >= 0.6 is 0 Å². The molecule has 0 radical (unpaired) electrons. The van der Waals surface area contributed by atoms with Gasteiger partial charge in [0.15, 0.2) is 0 Å². The van der Waals surface area contributed by atoms with Crippen LogP contribution in [0.1, 0.15) is 67.2 Å². The Morgan fingerprint density at radius 3 is 1.89 bits per heavy atom. The van der Waals surface area contributed by atoms with E-state index >= 15 is 0 Å². The number of aliphatic hydroxyl groups is 1. The molecule has 2 rings (SSSR count). The number of rotatable bonds is 7. The van der Waals surface area contributed by atoms with Crippen LogP contribution in [0.5, 0.6) is 0 Å². The number of nitrogens with zero attached hydrogens (tertiary/aromatic N) is 1. The van der Waals surface area contributed by atoms with Crippen molar-refractivity contribution in [1.82, 2.24) is 4.90 Å². The zero-order chi connectivity index (χ0) is 20.5. The number of halogens is 2. The third-order valence-electron chi connectivity index (χ3n) is 7.31. The fourth-order valence-electron chi connectivity index (χ4n) is 5.33. The van der Waals surface area contributed by atoms with Crippen molar-refractivity contribution in [3.63, 3.8) is 0 Å². The van der Waals surface area contributed by atoms with Crippen LogP contribution in [0.3, 0.4) is 0 Å². The van der Waals surface area contributed by atoms with Gasteiger partial charge in [-0.2, -0.15) is 0 Å². The molecule has 1 saturated carbocycles. The Morgan fingerprint density at radius 1 is 1.04 bits per heavy atom. The van der Waals surface area contributed by atoms with Gasteiger partial charge in [-0.15, -0.1) is 11.5 Å². The van der Waals surface area contributed by atoms with Gasteiger partial charge < -0.3 is 10.0 Å². The normalized spacial score (nSPS) is 26.5. The summed E-state index contributed by atoms with van der Waals surface area (Å²) in [6.07, 6.45) is 2.84. The van der Waals surface area contributed by atoms with E-state index in [0.29, 0.717) is 29.1 Å². The summed E-state index contributed by atoms with van der Waals surface area (Å²) in [5.41, 5.74) is 4.59. The van der Waals surface area contributed by atoms with Gasteiger partial charge >= 0.3 is 0 Å². The fraction of sp³-hybridized carbons (Fsp3) is 0.909. The first kappa shape index (κ1) is 22.8. The van der Waals surface area contributed by atoms with Crippen molar-refractivity contribution in [2.75, 3.05) is 26.2 Å². The van der Waals surface area contributed by atoms with Crippen molar-refractivity contribution >= 4 is 8.07 Å². The zero-order valence-corrected chi connectivity index (χ0v) is 19.1. The van der Waals surface area contributed by atoms with Crippen molar-refractivity contribution < 1.29 is 13.9 Å². The predicted molar refractivity (Wildman–Crippen MR) is 112 cm³/mol. The number of hydrogen-bond acceptors (Lipinski definition) is 2. The molecule has 0 spiro atoms. The molecule has 1 aliphatic heterocycles. The summed E-state index contributed by atoms with van der Waals surface area (Å²) in [6.45, 7) is 15.7. The molecule has 0 aromatic carbocycles. The number of aliphatic hydroxyl groups excluding tert-OH is 1. The highest BCUT2D eigenvalue weighted by Crippen LogP contribution is 2.60. The summed E-state index contributed by atoms with van der Waals surface area (Å²) in [6, 6.07) is 0. The molecule has 0 unspecified atom stereocenters. The van der Waals surface area contributed by atoms with Crippen LogP contribution < -0.4 is 0 Å². The monoisotopic (exact) mass is 399 g/mol. The minimum atomic E-state index is -2.68. The van der Waals surface area contributed by atoms with E-state index in [2.05, 4.69) is 57.9 Å². The van der Waals surface area contributed by atoms with E-state index in [1.54, 1.807) is 0 Å². The van der Waals surface area contributed by atoms with Gasteiger partial charge in [-0.25, -0.2) is 8.78 Å². The van der Waals surface area contributed by atoms with Crippen LogP contribution in [0.15, 0.2) is 0 Å². The van der Waals surface area contributed by atoms with Crippen LogP contribution in [0, 0.1) is 22.8 Å². The lowest BCUT2D eigenvalue weighted by molar-refractivity contribution is 0.0128. The Morgan fingerprint density at radius 2 is 1.52 bits per heavy atom. The largest absolute Gasteiger partial charge is 0.396 e. The first-order valence-corrected chi connectivity index (χ1v) is 12.9. The summed E-state index contributed by atoms with van der Waals surface area (Å²) in [7, 11) is -1.65. The van der Waals surface area contributed by atoms with Crippen molar-refractivity contribution in [3.8, 4) is 11.5 Å². The second-order valence-corrected chi connectivity index (χ2v) is 15.5. The Kier molecular flexibility index (Phi) is 7.20. The second kappa shape index (κ2) is 8.51. The smallest absolute Gasteiger partial charge is 0.258 e. The molecule has 1 heterocycles. The standard InChI is InChI=1S/C22H39F2NOSi/c1-17(2)27(18(3)4,19(5)6)13-7-8-20-9-11-25(12-10-20)15-21(16-26)14-22(21,23)24/h17-20,26H,8-12,14-16H2,1-6H3/t21-/m1/s1. The van der Waals surface area contributed by atoms with Gasteiger partial charge in [0.1, 0.15) is 8.07 Å². The van der Waals surface area contributed by atoms with Gasteiger partial charge in [0.05, 0.1) is 12.0 Å². The molecule has 156 valence electrons. The molecule has 0 aromatic heterocycles. The molecule has 1 saturated heterocycles. The van der Waals surface area contributed by atoms with Gasteiger partial charge in [0, 0.05) is 19.4 Å². The van der Waals surface area contributed by atoms with E-state index in [1.807, 2.05) is 0 Å². The second-order valence-electron chi connectivity index (χ2n) is 9.94. The van der Waals surface area contributed by atoms with Gasteiger partial charge in [-0.05, 0) is 48.5 Å². The Hall–Kier alpha value is -0.443. The number of alkyl halides is 2. The highest BCUT2D eigenvalue weighted by molar-refractivity contribution is 6.90. The molecule has 27 heavy (non-hydrogen) atoms. The first-order chi connectivity index (χ1) is 12.5. The van der Waals surface area contributed by atoms with Crippen molar-refractivity contribution in [1.29, 1.82) is 0 Å². The molecule has 0 bridgehead atoms. The summed E-state index contributed by atoms with van der Waals surface area (Å²) < 4.78 is 27.1. The molecule has 0 amide bonds. The first-order valence-electron chi connectivity index (χ1n) is 10.7. The van der Waals surface area contributed by atoms with Crippen LogP contribution in [0.4, 0.5) is 8.78 Å². The van der Waals surface area contributed by atoms with Crippen LogP contribution in [-0.4, -0.2) is 50.2 Å². The highest BCUT2D eigenvalue weighted by Gasteiger charge is 2.71. The Labute approximate surface area is 166 Å². The number of likely N-dealkylation sites (tertiary alicyclic amines) is 1. The summed E-state index contributed by atoms with van der Waals surface area (Å²) in [5.74, 6) is 1.48. The van der Waals surface area contributed by atoms with Crippen molar-refractivity contribution in [2.45, 2.75) is 89.8 Å². The molecule has 2 nitrogen and oxygen atoms in total. The van der Waals surface area contributed by atoms with Gasteiger partial charge in [0.2, 0.25) is 0 Å². The summed E-state index contributed by atoms with van der Waals surface area (Å²) >= 11 is 0. The maximum atomic E-state index is 13.6. The lowest BCUT2D eigenvalue weighted by Gasteiger charge is -2.38. The maximum absolute atomic E-state index is 13.6. The Balaban J connectivity index is 1.89. The minimum Gasteiger partial charge on any atom is -0.396 e. The molecule has 2 aliphatic rings. The quantitative estimate of drug-likeness (QED) is 0.462. The van der Waals surface area contributed by atoms with Crippen LogP contribution in [0.25, 0.3) is 0 Å². The third kappa shape index (κ3) is 4.59. The topological polar surface area (TPSA) is 23.5 Å². The van der Waals surface area contributed by atoms with E-state index in [-0.39, 0.29) is 6.42 Å². The highest BCUT2D eigenvalue weighted by atomic mass is 28.3. The number of hydrogen-bond donors (Lipinski definition) is 1. The minimum absolute atomic E-state index is 0.159. The molecule has 1 atom stereocenters. The van der Waals surface area contributed by atoms with Gasteiger partial charge in [-0.1, -0.05) is 41.5 Å². The fourth-order valence-corrected chi connectivity index (χ4v) is 10.6. The SMILES string of the molecule is CC(C)[Si](C#CCC1CCN(C[C@@]2(CO)CC2(F)F)CC1)(C(C)C)C(C)C. The summed E-state index contributed by atoms with van der Waals surface area (Å²) in [4.78, 5) is 2.12. The molecule has 1 N–H and O–H groups in total. The molecule has 5 heteroatoms. The molecule has 1 aliphatic carbocycles. The van der Waals surface area contributed by atoms with E-state index in [1.165, 1.54) is 0 Å². The maximum Gasteiger partial charge on any atom is 0.258 e. The van der Waals surface area contributed by atoms with Crippen molar-refractivity contribution in [3.05, 3.63) is 0 Å². The molecule has 0 aromatic rings. The number of piperidine rings is 1. The van der Waals surface area contributed by atoms with Gasteiger partial charge in [0.25, 0.3) is 5.92 Å². The van der Waals surface area contributed by atoms with Crippen LogP contribution in [0.2, 0.25) is 16.6 Å². The van der Waals surface area contributed by atoms with Crippen molar-refractivity contribution in [2.24, 2.45) is 11.3 Å². The molecule has 2 fully saturated rings. The van der Waals surface area contributed by atoms with E-state index in [4.69, 9.17) is 0 Å². The zero-order valence-electron chi connectivity index (χ0n) is 18.1.